The van der Waals surface area contributed by atoms with Crippen LogP contribution in [-0.4, -0.2) is 18.7 Å². The number of halogens is 2. The van der Waals surface area contributed by atoms with Crippen molar-refractivity contribution in [2.45, 2.75) is 46.1 Å². The standard InChI is InChI=1S/C16H25F2NO/c1-12(2)10-20-14-8-6-13(7-9-14)16(17,18)11-19-15(3,4)5/h6-9,12,19H,10-11H2,1-5H3. The van der Waals surface area contributed by atoms with Gasteiger partial charge in [0.15, 0.2) is 0 Å². The molecule has 0 aliphatic heterocycles. The molecule has 1 aromatic carbocycles. The van der Waals surface area contributed by atoms with Gasteiger partial charge in [-0.3, -0.25) is 0 Å². The maximum atomic E-state index is 14.0. The molecule has 0 bridgehead atoms. The number of rotatable bonds is 6. The molecule has 0 fully saturated rings. The summed E-state index contributed by atoms with van der Waals surface area (Å²) in [4.78, 5) is 0. The summed E-state index contributed by atoms with van der Waals surface area (Å²) >= 11 is 0. The Bertz CT molecular complexity index is 407. The molecule has 0 saturated carbocycles. The summed E-state index contributed by atoms with van der Waals surface area (Å²) < 4.78 is 33.5. The number of hydrogen-bond donors (Lipinski definition) is 1. The van der Waals surface area contributed by atoms with Gasteiger partial charge in [-0.2, -0.15) is 8.78 Å². The lowest BCUT2D eigenvalue weighted by Gasteiger charge is -2.25. The molecule has 1 aromatic rings. The van der Waals surface area contributed by atoms with Crippen molar-refractivity contribution in [3.63, 3.8) is 0 Å². The summed E-state index contributed by atoms with van der Waals surface area (Å²) in [7, 11) is 0. The molecular formula is C16H25F2NO. The van der Waals surface area contributed by atoms with Crippen LogP contribution in [0.25, 0.3) is 0 Å². The normalized spacial score (nSPS) is 12.8. The van der Waals surface area contributed by atoms with Crippen molar-refractivity contribution in [2.75, 3.05) is 13.2 Å². The van der Waals surface area contributed by atoms with E-state index in [0.29, 0.717) is 18.3 Å². The van der Waals surface area contributed by atoms with E-state index >= 15 is 0 Å². The van der Waals surface area contributed by atoms with Crippen LogP contribution in [0.4, 0.5) is 8.78 Å². The number of nitrogens with one attached hydrogen (secondary N) is 1. The molecule has 114 valence electrons. The van der Waals surface area contributed by atoms with Gasteiger partial charge in [0, 0.05) is 11.1 Å². The molecule has 0 unspecified atom stereocenters. The fraction of sp³-hybridized carbons (Fsp3) is 0.625. The smallest absolute Gasteiger partial charge is 0.285 e. The van der Waals surface area contributed by atoms with Gasteiger partial charge >= 0.3 is 0 Å². The maximum Gasteiger partial charge on any atom is 0.285 e. The molecule has 0 spiro atoms. The minimum Gasteiger partial charge on any atom is -0.493 e. The van der Waals surface area contributed by atoms with E-state index in [1.807, 2.05) is 34.6 Å². The highest BCUT2D eigenvalue weighted by atomic mass is 19.3. The van der Waals surface area contributed by atoms with Crippen LogP contribution < -0.4 is 10.1 Å². The zero-order valence-corrected chi connectivity index (χ0v) is 13.0. The molecule has 0 radical (unpaired) electrons. The van der Waals surface area contributed by atoms with Gasteiger partial charge in [0.1, 0.15) is 5.75 Å². The highest BCUT2D eigenvalue weighted by Crippen LogP contribution is 2.29. The van der Waals surface area contributed by atoms with Gasteiger partial charge < -0.3 is 10.1 Å². The van der Waals surface area contributed by atoms with Gasteiger partial charge in [-0.1, -0.05) is 13.8 Å². The van der Waals surface area contributed by atoms with Crippen molar-refractivity contribution < 1.29 is 13.5 Å². The molecule has 0 saturated heterocycles. The second kappa shape index (κ2) is 6.53. The number of benzene rings is 1. The zero-order chi connectivity index (χ0) is 15.4. The molecule has 4 heteroatoms. The van der Waals surface area contributed by atoms with Crippen LogP contribution in [-0.2, 0) is 5.92 Å². The largest absolute Gasteiger partial charge is 0.493 e. The molecule has 20 heavy (non-hydrogen) atoms. The SMILES string of the molecule is CC(C)COc1ccc(C(F)(F)CNC(C)(C)C)cc1. The summed E-state index contributed by atoms with van der Waals surface area (Å²) in [6.45, 7) is 9.90. The molecule has 0 aliphatic rings. The molecule has 1 N–H and O–H groups in total. The molecular weight excluding hydrogens is 260 g/mol. The lowest BCUT2D eigenvalue weighted by molar-refractivity contribution is -0.00864. The highest BCUT2D eigenvalue weighted by Gasteiger charge is 2.32. The lowest BCUT2D eigenvalue weighted by atomic mass is 10.1. The van der Waals surface area contributed by atoms with Crippen LogP contribution in [0, 0.1) is 5.92 Å². The Hall–Kier alpha value is -1.16. The Balaban J connectivity index is 2.66. The average Bonchev–Trinajstić information content (AvgIpc) is 2.34. The van der Waals surface area contributed by atoms with E-state index < -0.39 is 5.92 Å². The van der Waals surface area contributed by atoms with Crippen molar-refractivity contribution >= 4 is 0 Å². The third kappa shape index (κ3) is 5.87. The molecule has 0 aromatic heterocycles. The van der Waals surface area contributed by atoms with E-state index in [-0.39, 0.29) is 17.6 Å². The van der Waals surface area contributed by atoms with E-state index in [4.69, 9.17) is 4.74 Å². The molecule has 0 amide bonds. The number of alkyl halides is 2. The van der Waals surface area contributed by atoms with Gasteiger partial charge in [-0.05, 0) is 51.0 Å². The summed E-state index contributed by atoms with van der Waals surface area (Å²) in [5.41, 5.74) is -0.324. The van der Waals surface area contributed by atoms with Crippen molar-refractivity contribution in [3.8, 4) is 5.75 Å². The van der Waals surface area contributed by atoms with Crippen LogP contribution in [0.5, 0.6) is 5.75 Å². The Labute approximate surface area is 120 Å². The van der Waals surface area contributed by atoms with Crippen molar-refractivity contribution in [1.82, 2.24) is 5.32 Å². The predicted octanol–water partition coefficient (Wildman–Crippen LogP) is 4.20. The van der Waals surface area contributed by atoms with E-state index in [1.165, 1.54) is 12.1 Å². The first-order valence-electron chi connectivity index (χ1n) is 6.96. The van der Waals surface area contributed by atoms with E-state index in [1.54, 1.807) is 12.1 Å². The Morgan fingerprint density at radius 2 is 1.65 bits per heavy atom. The number of ether oxygens (including phenoxy) is 1. The number of hydrogen-bond acceptors (Lipinski definition) is 2. The Kier molecular flexibility index (Phi) is 5.51. The summed E-state index contributed by atoms with van der Waals surface area (Å²) in [5, 5.41) is 2.83. The second-order valence-corrected chi connectivity index (χ2v) is 6.54. The molecule has 2 nitrogen and oxygen atoms in total. The first kappa shape index (κ1) is 16.9. The van der Waals surface area contributed by atoms with Crippen molar-refractivity contribution in [2.24, 2.45) is 5.92 Å². The second-order valence-electron chi connectivity index (χ2n) is 6.54. The average molecular weight is 285 g/mol. The van der Waals surface area contributed by atoms with Gasteiger partial charge in [0.2, 0.25) is 0 Å². The first-order valence-corrected chi connectivity index (χ1v) is 6.96. The Morgan fingerprint density at radius 3 is 2.10 bits per heavy atom. The molecule has 0 aliphatic carbocycles. The fourth-order valence-corrected chi connectivity index (χ4v) is 1.54. The maximum absolute atomic E-state index is 14.0. The molecule has 1 rings (SSSR count). The van der Waals surface area contributed by atoms with Crippen LogP contribution in [0.3, 0.4) is 0 Å². The minimum atomic E-state index is -2.89. The van der Waals surface area contributed by atoms with Crippen molar-refractivity contribution in [1.29, 1.82) is 0 Å². The molecule has 0 atom stereocenters. The van der Waals surface area contributed by atoms with Gasteiger partial charge in [0.05, 0.1) is 13.2 Å². The summed E-state index contributed by atoms with van der Waals surface area (Å²) in [6, 6.07) is 6.06. The van der Waals surface area contributed by atoms with Gasteiger partial charge in [-0.25, -0.2) is 0 Å². The topological polar surface area (TPSA) is 21.3 Å². The van der Waals surface area contributed by atoms with Gasteiger partial charge in [0.25, 0.3) is 5.92 Å². The van der Waals surface area contributed by atoms with Crippen molar-refractivity contribution in [3.05, 3.63) is 29.8 Å². The first-order chi connectivity index (χ1) is 9.10. The third-order valence-corrected chi connectivity index (χ3v) is 2.70. The van der Waals surface area contributed by atoms with E-state index in [9.17, 15) is 8.78 Å². The quantitative estimate of drug-likeness (QED) is 0.845. The monoisotopic (exact) mass is 285 g/mol. The third-order valence-electron chi connectivity index (χ3n) is 2.70. The predicted molar refractivity (Wildman–Crippen MR) is 78.4 cm³/mol. The van der Waals surface area contributed by atoms with Crippen LogP contribution in [0.1, 0.15) is 40.2 Å². The van der Waals surface area contributed by atoms with Crippen LogP contribution in [0.15, 0.2) is 24.3 Å². The van der Waals surface area contributed by atoms with Gasteiger partial charge in [-0.15, -0.1) is 0 Å². The van der Waals surface area contributed by atoms with E-state index in [2.05, 4.69) is 5.32 Å². The zero-order valence-electron chi connectivity index (χ0n) is 13.0. The molecule has 0 heterocycles. The van der Waals surface area contributed by atoms with Crippen LogP contribution in [0.2, 0.25) is 0 Å². The van der Waals surface area contributed by atoms with E-state index in [0.717, 1.165) is 0 Å². The van der Waals surface area contributed by atoms with Crippen LogP contribution >= 0.6 is 0 Å². The highest BCUT2D eigenvalue weighted by molar-refractivity contribution is 5.30. The Morgan fingerprint density at radius 1 is 1.10 bits per heavy atom. The summed E-state index contributed by atoms with van der Waals surface area (Å²) in [6.07, 6.45) is 0. The fourth-order valence-electron chi connectivity index (χ4n) is 1.54. The summed E-state index contributed by atoms with van der Waals surface area (Å²) in [5.74, 6) is -1.85. The lowest BCUT2D eigenvalue weighted by Crippen LogP contribution is -2.42. The minimum absolute atomic E-state index is 0.00569.